The van der Waals surface area contributed by atoms with E-state index in [0.29, 0.717) is 32.7 Å². The van der Waals surface area contributed by atoms with Crippen molar-refractivity contribution in [2.75, 3.05) is 26.3 Å². The van der Waals surface area contributed by atoms with E-state index in [1.165, 1.54) is 0 Å². The first-order valence-corrected chi connectivity index (χ1v) is 9.10. The third-order valence-electron chi connectivity index (χ3n) is 4.74. The maximum atomic E-state index is 12.3. The fourth-order valence-electron chi connectivity index (χ4n) is 3.28. The summed E-state index contributed by atoms with van der Waals surface area (Å²) in [5, 5.41) is 3.06. The van der Waals surface area contributed by atoms with Gasteiger partial charge in [0.1, 0.15) is 11.9 Å². The Morgan fingerprint density at radius 2 is 1.92 bits per heavy atom. The number of likely N-dealkylation sites (tertiary alicyclic amines) is 1. The summed E-state index contributed by atoms with van der Waals surface area (Å²) in [7, 11) is 0. The van der Waals surface area contributed by atoms with Gasteiger partial charge in [-0.25, -0.2) is 0 Å². The number of rotatable bonds is 6. The molecule has 136 valence electrons. The Hall–Kier alpha value is -2.08. The van der Waals surface area contributed by atoms with Gasteiger partial charge in [0.2, 0.25) is 11.8 Å². The smallest absolute Gasteiger partial charge is 0.249 e. The molecule has 0 radical (unpaired) electrons. The lowest BCUT2D eigenvalue weighted by Gasteiger charge is -2.32. The van der Waals surface area contributed by atoms with Gasteiger partial charge in [0, 0.05) is 25.7 Å². The van der Waals surface area contributed by atoms with Crippen molar-refractivity contribution < 1.29 is 19.1 Å². The second-order valence-electron chi connectivity index (χ2n) is 6.58. The zero-order valence-electron chi connectivity index (χ0n) is 14.5. The lowest BCUT2D eigenvalue weighted by molar-refractivity contribution is -0.133. The van der Waals surface area contributed by atoms with Gasteiger partial charge in [0.25, 0.3) is 0 Å². The van der Waals surface area contributed by atoms with Gasteiger partial charge < -0.3 is 19.7 Å². The van der Waals surface area contributed by atoms with Gasteiger partial charge >= 0.3 is 0 Å². The number of hydrogen-bond donors (Lipinski definition) is 1. The molecule has 6 nitrogen and oxygen atoms in total. The van der Waals surface area contributed by atoms with E-state index in [1.54, 1.807) is 0 Å². The van der Waals surface area contributed by atoms with Gasteiger partial charge in [-0.3, -0.25) is 9.59 Å². The minimum atomic E-state index is -0.283. The number of nitrogens with zero attached hydrogens (tertiary/aromatic N) is 1. The molecular formula is C19H26N2O4. The largest absolute Gasteiger partial charge is 0.493 e. The van der Waals surface area contributed by atoms with Crippen LogP contribution in [-0.4, -0.2) is 55.2 Å². The molecule has 2 fully saturated rings. The monoisotopic (exact) mass is 346 g/mol. The molecule has 2 aliphatic heterocycles. The van der Waals surface area contributed by atoms with E-state index in [4.69, 9.17) is 9.47 Å². The molecule has 1 aromatic rings. The van der Waals surface area contributed by atoms with Crippen molar-refractivity contribution in [3.05, 3.63) is 30.3 Å². The predicted molar refractivity (Wildman–Crippen MR) is 93.3 cm³/mol. The van der Waals surface area contributed by atoms with E-state index in [2.05, 4.69) is 5.32 Å². The topological polar surface area (TPSA) is 67.9 Å². The number of para-hydroxylation sites is 1. The number of nitrogens with one attached hydrogen (secondary N) is 1. The van der Waals surface area contributed by atoms with Crippen molar-refractivity contribution in [1.29, 1.82) is 0 Å². The maximum absolute atomic E-state index is 12.3. The third kappa shape index (κ3) is 5.19. The highest BCUT2D eigenvalue weighted by molar-refractivity contribution is 5.81. The zero-order chi connectivity index (χ0) is 17.5. The van der Waals surface area contributed by atoms with E-state index in [0.717, 1.165) is 31.4 Å². The minimum Gasteiger partial charge on any atom is -0.493 e. The summed E-state index contributed by atoms with van der Waals surface area (Å²) in [5.74, 6) is 0.893. The standard InChI is InChI=1S/C19H26N2O4/c22-18(10-14-24-16-5-2-1-3-6-16)21-11-8-15(9-12-21)20-19(23)17-7-4-13-25-17/h1-3,5-6,15,17H,4,7-14H2,(H,20,23). The highest BCUT2D eigenvalue weighted by Crippen LogP contribution is 2.16. The molecule has 0 bridgehead atoms. The summed E-state index contributed by atoms with van der Waals surface area (Å²) in [4.78, 5) is 26.2. The van der Waals surface area contributed by atoms with E-state index in [9.17, 15) is 9.59 Å². The van der Waals surface area contributed by atoms with Crippen LogP contribution in [0.3, 0.4) is 0 Å². The van der Waals surface area contributed by atoms with Gasteiger partial charge in [0.05, 0.1) is 13.0 Å². The first-order valence-electron chi connectivity index (χ1n) is 9.10. The highest BCUT2D eigenvalue weighted by Gasteiger charge is 2.28. The number of hydrogen-bond acceptors (Lipinski definition) is 4. The number of benzene rings is 1. The number of piperidine rings is 1. The molecule has 0 spiro atoms. The fraction of sp³-hybridized carbons (Fsp3) is 0.579. The van der Waals surface area contributed by atoms with Crippen LogP contribution in [0.15, 0.2) is 30.3 Å². The van der Waals surface area contributed by atoms with Crippen LogP contribution in [0.25, 0.3) is 0 Å². The lowest BCUT2D eigenvalue weighted by Crippen LogP contribution is -2.48. The Balaban J connectivity index is 1.33. The van der Waals surface area contributed by atoms with Crippen molar-refractivity contribution in [1.82, 2.24) is 10.2 Å². The van der Waals surface area contributed by atoms with E-state index >= 15 is 0 Å². The average molecular weight is 346 g/mol. The molecule has 3 rings (SSSR count). The van der Waals surface area contributed by atoms with Crippen LogP contribution in [0.1, 0.15) is 32.1 Å². The molecule has 0 aromatic heterocycles. The van der Waals surface area contributed by atoms with Crippen molar-refractivity contribution in [3.63, 3.8) is 0 Å². The van der Waals surface area contributed by atoms with Crippen LogP contribution in [0.2, 0.25) is 0 Å². The Kier molecular flexibility index (Phi) is 6.28. The molecule has 1 atom stereocenters. The van der Waals surface area contributed by atoms with Crippen molar-refractivity contribution in [2.24, 2.45) is 0 Å². The molecule has 25 heavy (non-hydrogen) atoms. The molecule has 6 heteroatoms. The predicted octanol–water partition coefficient (Wildman–Crippen LogP) is 1.74. The van der Waals surface area contributed by atoms with Crippen molar-refractivity contribution in [3.8, 4) is 5.75 Å². The number of amides is 2. The van der Waals surface area contributed by atoms with Crippen molar-refractivity contribution in [2.45, 2.75) is 44.2 Å². The number of carbonyl (C=O) groups excluding carboxylic acids is 2. The van der Waals surface area contributed by atoms with Crippen LogP contribution in [0.5, 0.6) is 5.75 Å². The SMILES string of the molecule is O=C(NC1CCN(C(=O)CCOc2ccccc2)CC1)C1CCCO1. The highest BCUT2D eigenvalue weighted by atomic mass is 16.5. The molecule has 0 aliphatic carbocycles. The molecule has 0 saturated carbocycles. The quantitative estimate of drug-likeness (QED) is 0.852. The zero-order valence-corrected chi connectivity index (χ0v) is 14.5. The molecule has 2 amide bonds. The van der Waals surface area contributed by atoms with Crippen LogP contribution in [-0.2, 0) is 14.3 Å². The van der Waals surface area contributed by atoms with Crippen LogP contribution in [0, 0.1) is 0 Å². The Morgan fingerprint density at radius 1 is 1.16 bits per heavy atom. The Labute approximate surface area is 148 Å². The summed E-state index contributed by atoms with van der Waals surface area (Å²) in [6.07, 6.45) is 3.45. The summed E-state index contributed by atoms with van der Waals surface area (Å²) in [5.41, 5.74) is 0. The second-order valence-corrected chi connectivity index (χ2v) is 6.58. The van der Waals surface area contributed by atoms with Gasteiger partial charge in [-0.1, -0.05) is 18.2 Å². The van der Waals surface area contributed by atoms with Gasteiger partial charge in [-0.05, 0) is 37.8 Å². The normalized spacial score (nSPS) is 21.1. The van der Waals surface area contributed by atoms with Gasteiger partial charge in [0.15, 0.2) is 0 Å². The third-order valence-corrected chi connectivity index (χ3v) is 4.74. The summed E-state index contributed by atoms with van der Waals surface area (Å²) < 4.78 is 11.0. The Bertz CT molecular complexity index is 564. The molecule has 1 N–H and O–H groups in total. The van der Waals surface area contributed by atoms with E-state index < -0.39 is 0 Å². The van der Waals surface area contributed by atoms with E-state index in [1.807, 2.05) is 35.2 Å². The van der Waals surface area contributed by atoms with Crippen LogP contribution >= 0.6 is 0 Å². The summed E-state index contributed by atoms with van der Waals surface area (Å²) in [6.45, 7) is 2.43. The van der Waals surface area contributed by atoms with Crippen LogP contribution in [0.4, 0.5) is 0 Å². The molecule has 1 aromatic carbocycles. The average Bonchev–Trinajstić information content (AvgIpc) is 3.18. The molecule has 1 unspecified atom stereocenters. The first kappa shape index (κ1) is 17.7. The van der Waals surface area contributed by atoms with Crippen molar-refractivity contribution >= 4 is 11.8 Å². The molecule has 2 heterocycles. The molecule has 2 saturated heterocycles. The maximum Gasteiger partial charge on any atom is 0.249 e. The number of ether oxygens (including phenoxy) is 2. The molecular weight excluding hydrogens is 320 g/mol. The summed E-state index contributed by atoms with van der Waals surface area (Å²) in [6, 6.07) is 9.65. The minimum absolute atomic E-state index is 0.00135. The summed E-state index contributed by atoms with van der Waals surface area (Å²) >= 11 is 0. The fourth-order valence-corrected chi connectivity index (χ4v) is 3.28. The van der Waals surface area contributed by atoms with E-state index in [-0.39, 0.29) is 24.0 Å². The second kappa shape index (κ2) is 8.85. The first-order chi connectivity index (χ1) is 12.2. The molecule has 2 aliphatic rings. The van der Waals surface area contributed by atoms with Gasteiger partial charge in [-0.2, -0.15) is 0 Å². The lowest BCUT2D eigenvalue weighted by atomic mass is 10.0. The number of carbonyl (C=O) groups is 2. The Morgan fingerprint density at radius 3 is 2.60 bits per heavy atom. The van der Waals surface area contributed by atoms with Crippen LogP contribution < -0.4 is 10.1 Å². The van der Waals surface area contributed by atoms with Gasteiger partial charge in [-0.15, -0.1) is 0 Å².